The van der Waals surface area contributed by atoms with E-state index >= 15 is 0 Å². The van der Waals surface area contributed by atoms with Gasteiger partial charge in [0.1, 0.15) is 17.4 Å². The second-order valence-electron chi connectivity index (χ2n) is 8.84. The molecule has 1 amide bonds. The smallest absolute Gasteiger partial charge is 0.302 e. The Hall–Kier alpha value is -4.53. The predicted octanol–water partition coefficient (Wildman–Crippen LogP) is 4.84. The zero-order valence-corrected chi connectivity index (χ0v) is 19.7. The van der Waals surface area contributed by atoms with Crippen molar-refractivity contribution in [3.05, 3.63) is 94.6 Å². The number of nitrogens with one attached hydrogen (secondary N) is 1. The van der Waals surface area contributed by atoms with Gasteiger partial charge < -0.3 is 15.0 Å². The Morgan fingerprint density at radius 1 is 1.03 bits per heavy atom. The van der Waals surface area contributed by atoms with Gasteiger partial charge in [0.2, 0.25) is 5.95 Å². The van der Waals surface area contributed by atoms with Crippen LogP contribution in [0.2, 0.25) is 0 Å². The van der Waals surface area contributed by atoms with Gasteiger partial charge in [-0.05, 0) is 66.6 Å². The fourth-order valence-corrected chi connectivity index (χ4v) is 4.35. The number of aliphatic hydroxyl groups excluding tert-OH is 1. The first-order valence-corrected chi connectivity index (χ1v) is 11.2. The van der Waals surface area contributed by atoms with Gasteiger partial charge in [0.15, 0.2) is 0 Å². The Kier molecular flexibility index (Phi) is 5.55. The number of rotatable bonds is 4. The number of hydrogen-bond donors (Lipinski definition) is 2. The zero-order valence-electron chi connectivity index (χ0n) is 19.7. The van der Waals surface area contributed by atoms with Gasteiger partial charge in [-0.2, -0.15) is 0 Å². The van der Waals surface area contributed by atoms with E-state index < -0.39 is 35.1 Å². The number of aromatic amines is 1. The van der Waals surface area contributed by atoms with Crippen LogP contribution in [0.1, 0.15) is 22.7 Å². The van der Waals surface area contributed by atoms with Gasteiger partial charge in [-0.25, -0.2) is 13.8 Å². The third-order valence-electron chi connectivity index (χ3n) is 6.26. The van der Waals surface area contributed by atoms with Gasteiger partial charge in [-0.15, -0.1) is 0 Å². The molecule has 1 unspecified atom stereocenters. The third-order valence-corrected chi connectivity index (χ3v) is 6.26. The summed E-state index contributed by atoms with van der Waals surface area (Å²) >= 11 is 0. The summed E-state index contributed by atoms with van der Waals surface area (Å²) in [6.07, 6.45) is 0. The first-order chi connectivity index (χ1) is 17.2. The van der Waals surface area contributed by atoms with Crippen LogP contribution in [-0.2, 0) is 9.59 Å². The van der Waals surface area contributed by atoms with E-state index in [1.807, 2.05) is 31.1 Å². The fourth-order valence-electron chi connectivity index (χ4n) is 4.35. The molecule has 0 radical (unpaired) electrons. The maximum Gasteiger partial charge on any atom is 0.302 e. The van der Waals surface area contributed by atoms with E-state index in [2.05, 4.69) is 9.97 Å². The molecule has 3 aromatic carbocycles. The monoisotopic (exact) mass is 488 g/mol. The minimum Gasteiger partial charge on any atom is -0.507 e. The number of benzene rings is 3. The summed E-state index contributed by atoms with van der Waals surface area (Å²) in [6.45, 7) is 1.54. The van der Waals surface area contributed by atoms with Crippen molar-refractivity contribution >= 4 is 40.1 Å². The highest BCUT2D eigenvalue weighted by Crippen LogP contribution is 2.42. The summed E-state index contributed by atoms with van der Waals surface area (Å²) < 4.78 is 27.6. The number of imidazole rings is 1. The van der Waals surface area contributed by atoms with Crippen LogP contribution in [0, 0.1) is 18.6 Å². The van der Waals surface area contributed by atoms with Gasteiger partial charge in [-0.3, -0.25) is 14.5 Å². The molecule has 0 spiro atoms. The molecule has 1 aliphatic rings. The minimum atomic E-state index is -1.03. The lowest BCUT2D eigenvalue weighted by atomic mass is 9.94. The molecule has 1 saturated heterocycles. The molecular weight excluding hydrogens is 466 g/mol. The van der Waals surface area contributed by atoms with Gasteiger partial charge in [-0.1, -0.05) is 12.1 Å². The lowest BCUT2D eigenvalue weighted by Crippen LogP contribution is -2.30. The highest BCUT2D eigenvalue weighted by molar-refractivity contribution is 6.51. The van der Waals surface area contributed by atoms with Gasteiger partial charge in [0.25, 0.3) is 5.78 Å². The summed E-state index contributed by atoms with van der Waals surface area (Å²) in [5, 5.41) is 11.2. The van der Waals surface area contributed by atoms with Crippen molar-refractivity contribution in [3.63, 3.8) is 0 Å². The van der Waals surface area contributed by atoms with Crippen LogP contribution in [0.3, 0.4) is 0 Å². The van der Waals surface area contributed by atoms with Gasteiger partial charge in [0, 0.05) is 25.3 Å². The lowest BCUT2D eigenvalue weighted by Gasteiger charge is -2.24. The van der Waals surface area contributed by atoms with Crippen molar-refractivity contribution in [2.24, 2.45) is 0 Å². The quantitative estimate of drug-likeness (QED) is 0.244. The van der Waals surface area contributed by atoms with E-state index in [1.165, 1.54) is 43.3 Å². The number of amides is 1. The first-order valence-electron chi connectivity index (χ1n) is 11.2. The Morgan fingerprint density at radius 3 is 2.42 bits per heavy atom. The second-order valence-corrected chi connectivity index (χ2v) is 8.84. The number of halogens is 2. The number of carbonyl (C=O) groups excluding carboxylic acids is 2. The van der Waals surface area contributed by atoms with E-state index in [0.29, 0.717) is 16.6 Å². The summed E-state index contributed by atoms with van der Waals surface area (Å²) in [6, 6.07) is 14.0. The average molecular weight is 488 g/mol. The molecule has 182 valence electrons. The molecule has 2 heterocycles. The summed E-state index contributed by atoms with van der Waals surface area (Å²) in [7, 11) is 3.76. The van der Waals surface area contributed by atoms with Crippen molar-refractivity contribution < 1.29 is 23.5 Å². The number of aryl methyl sites for hydroxylation is 1. The van der Waals surface area contributed by atoms with Crippen LogP contribution in [0.25, 0.3) is 16.8 Å². The summed E-state index contributed by atoms with van der Waals surface area (Å²) in [5.41, 5.74) is 2.52. The molecule has 1 fully saturated rings. The normalized spacial score (nSPS) is 17.2. The molecule has 9 heteroatoms. The number of nitrogens with zero attached hydrogens (tertiary/aromatic N) is 3. The molecule has 2 N–H and O–H groups in total. The second kappa shape index (κ2) is 8.60. The van der Waals surface area contributed by atoms with E-state index in [1.54, 1.807) is 12.1 Å². The van der Waals surface area contributed by atoms with Gasteiger partial charge >= 0.3 is 5.91 Å². The number of anilines is 2. The number of ketones is 1. The molecule has 0 bridgehead atoms. The Labute approximate surface area is 205 Å². The van der Waals surface area contributed by atoms with E-state index in [-0.39, 0.29) is 22.6 Å². The van der Waals surface area contributed by atoms with Crippen LogP contribution in [0.5, 0.6) is 0 Å². The maximum absolute atomic E-state index is 13.9. The van der Waals surface area contributed by atoms with Crippen molar-refractivity contribution in [2.75, 3.05) is 23.9 Å². The Morgan fingerprint density at radius 2 is 1.75 bits per heavy atom. The highest BCUT2D eigenvalue weighted by Gasteiger charge is 2.48. The van der Waals surface area contributed by atoms with E-state index in [4.69, 9.17) is 0 Å². The molecule has 7 nitrogen and oxygen atoms in total. The third kappa shape index (κ3) is 3.78. The minimum absolute atomic E-state index is 0.0359. The van der Waals surface area contributed by atoms with Crippen LogP contribution in [0.4, 0.5) is 20.4 Å². The molecule has 4 aromatic rings. The standard InChI is InChI=1S/C27H22F2N4O3/c1-14-12-16(6-10-19(14)29)24(34)22-23(15-4-8-18(9-5-15)32(2)3)33(26(36)25(22)35)27-30-20-11-7-17(28)13-21(20)31-27/h4-13,23,34H,1-3H3,(H,30,31)/b24-22+. The molecule has 0 saturated carbocycles. The average Bonchev–Trinajstić information content (AvgIpc) is 3.38. The number of hydrogen-bond acceptors (Lipinski definition) is 5. The molecular formula is C27H22F2N4O3. The molecule has 5 rings (SSSR count). The van der Waals surface area contributed by atoms with Crippen molar-refractivity contribution in [2.45, 2.75) is 13.0 Å². The number of fused-ring (bicyclic) bond motifs is 1. The van der Waals surface area contributed by atoms with Crippen molar-refractivity contribution in [1.82, 2.24) is 9.97 Å². The SMILES string of the molecule is Cc1cc(/C(O)=C2\C(=O)C(=O)N(c3nc4ccc(F)cc4[nH]3)C2c2ccc(N(C)C)cc2)ccc1F. The van der Waals surface area contributed by atoms with Gasteiger partial charge in [0.05, 0.1) is 22.6 Å². The number of Topliss-reactive ketones (excluding diaryl/α,β-unsaturated/α-hetero) is 1. The predicted molar refractivity (Wildman–Crippen MR) is 133 cm³/mol. The van der Waals surface area contributed by atoms with E-state index in [0.717, 1.165) is 10.6 Å². The fraction of sp³-hybridized carbons (Fsp3) is 0.148. The Balaban J connectivity index is 1.72. The highest BCUT2D eigenvalue weighted by atomic mass is 19.1. The molecule has 36 heavy (non-hydrogen) atoms. The summed E-state index contributed by atoms with van der Waals surface area (Å²) in [5.74, 6) is -3.16. The van der Waals surface area contributed by atoms with Crippen LogP contribution < -0.4 is 9.80 Å². The van der Waals surface area contributed by atoms with Crippen molar-refractivity contribution in [3.8, 4) is 0 Å². The largest absolute Gasteiger partial charge is 0.507 e. The topological polar surface area (TPSA) is 89.5 Å². The van der Waals surface area contributed by atoms with E-state index in [9.17, 15) is 23.5 Å². The van der Waals surface area contributed by atoms with Crippen molar-refractivity contribution in [1.29, 1.82) is 0 Å². The number of aromatic nitrogens is 2. The number of carbonyl (C=O) groups is 2. The van der Waals surface area contributed by atoms with Crippen LogP contribution in [-0.4, -0.2) is 40.9 Å². The number of aliphatic hydroxyl groups is 1. The number of H-pyrrole nitrogens is 1. The molecule has 1 atom stereocenters. The first kappa shape index (κ1) is 23.2. The maximum atomic E-state index is 13.9. The lowest BCUT2D eigenvalue weighted by molar-refractivity contribution is -0.132. The van der Waals surface area contributed by atoms with Crippen LogP contribution in [0.15, 0.2) is 66.2 Å². The Bertz CT molecular complexity index is 1560. The zero-order chi connectivity index (χ0) is 25.7. The van der Waals surface area contributed by atoms with Crippen LogP contribution >= 0.6 is 0 Å². The summed E-state index contributed by atoms with van der Waals surface area (Å²) in [4.78, 5) is 37.0. The molecule has 0 aliphatic carbocycles. The molecule has 1 aromatic heterocycles. The molecule has 1 aliphatic heterocycles.